The zero-order valence-electron chi connectivity index (χ0n) is 9.32. The topological polar surface area (TPSA) is 48.1 Å². The molecule has 2 N–H and O–H groups in total. The summed E-state index contributed by atoms with van der Waals surface area (Å²) < 4.78 is 5.85. The number of aryl methyl sites for hydroxylation is 2. The molecule has 2 atom stereocenters. The van der Waals surface area contributed by atoms with Crippen molar-refractivity contribution in [2.45, 2.75) is 51.7 Å². The van der Waals surface area contributed by atoms with Crippen molar-refractivity contribution < 1.29 is 4.74 Å². The second kappa shape index (κ2) is 4.49. The maximum atomic E-state index is 6.02. The zero-order valence-corrected chi connectivity index (χ0v) is 10.1. The zero-order chi connectivity index (χ0) is 10.8. The molecule has 2 unspecified atom stereocenters. The lowest BCUT2D eigenvalue weighted by atomic mass is 9.93. The quantitative estimate of drug-likeness (QED) is 0.842. The lowest BCUT2D eigenvalue weighted by molar-refractivity contribution is 0.132. The van der Waals surface area contributed by atoms with E-state index in [9.17, 15) is 0 Å². The van der Waals surface area contributed by atoms with Gasteiger partial charge < -0.3 is 10.5 Å². The van der Waals surface area contributed by atoms with Crippen LogP contribution in [0.1, 0.15) is 36.3 Å². The van der Waals surface area contributed by atoms with Crippen LogP contribution in [0.2, 0.25) is 0 Å². The van der Waals surface area contributed by atoms with Crippen LogP contribution in [0, 0.1) is 13.8 Å². The second-order valence-electron chi connectivity index (χ2n) is 4.23. The largest absolute Gasteiger partial charge is 0.465 e. The minimum absolute atomic E-state index is 0.170. The Morgan fingerprint density at radius 2 is 2.07 bits per heavy atom. The van der Waals surface area contributed by atoms with Crippen LogP contribution in [0.3, 0.4) is 0 Å². The van der Waals surface area contributed by atoms with Crippen LogP contribution in [-0.2, 0) is 0 Å². The predicted octanol–water partition coefficient (Wildman–Crippen LogP) is 2.41. The van der Waals surface area contributed by atoms with Gasteiger partial charge in [-0.25, -0.2) is 4.98 Å². The van der Waals surface area contributed by atoms with Gasteiger partial charge in [-0.1, -0.05) is 17.8 Å². The molecule has 1 aliphatic carbocycles. The predicted molar refractivity (Wildman–Crippen MR) is 62.4 cm³/mol. The molecule has 3 nitrogen and oxygen atoms in total. The average Bonchev–Trinajstić information content (AvgIpc) is 2.50. The first-order valence-electron chi connectivity index (χ1n) is 5.53. The third-order valence-corrected chi connectivity index (χ3v) is 3.98. The highest BCUT2D eigenvalue weighted by Gasteiger charge is 2.24. The van der Waals surface area contributed by atoms with Gasteiger partial charge in [0.1, 0.15) is 6.10 Å². The van der Waals surface area contributed by atoms with Crippen molar-refractivity contribution in [2.24, 2.45) is 5.73 Å². The van der Waals surface area contributed by atoms with Crippen LogP contribution in [0.25, 0.3) is 0 Å². The van der Waals surface area contributed by atoms with Gasteiger partial charge in [0.2, 0.25) is 0 Å². The van der Waals surface area contributed by atoms with E-state index in [1.165, 1.54) is 17.7 Å². The van der Waals surface area contributed by atoms with Gasteiger partial charge in [0.25, 0.3) is 5.19 Å². The Labute approximate surface area is 94.7 Å². The summed E-state index contributed by atoms with van der Waals surface area (Å²) in [6.45, 7) is 4.08. The lowest BCUT2D eigenvalue weighted by Crippen LogP contribution is -2.41. The van der Waals surface area contributed by atoms with E-state index in [-0.39, 0.29) is 12.1 Å². The number of hydrogen-bond donors (Lipinski definition) is 1. The second-order valence-corrected chi connectivity index (χ2v) is 5.39. The molecule has 0 bridgehead atoms. The first-order valence-corrected chi connectivity index (χ1v) is 6.34. The van der Waals surface area contributed by atoms with Gasteiger partial charge in [-0.2, -0.15) is 0 Å². The standard InChI is InChI=1S/C11H18N2OS/c1-7-8(2)15-11(13-7)14-10-6-4-3-5-9(10)12/h9-10H,3-6,12H2,1-2H3. The number of aromatic nitrogens is 1. The summed E-state index contributed by atoms with van der Waals surface area (Å²) in [5.74, 6) is 0. The highest BCUT2D eigenvalue weighted by atomic mass is 32.1. The summed E-state index contributed by atoms with van der Waals surface area (Å²) in [5, 5.41) is 0.785. The number of nitrogens with two attached hydrogens (primary N) is 1. The summed E-state index contributed by atoms with van der Waals surface area (Å²) in [6, 6.07) is 0.184. The molecule has 1 aromatic heterocycles. The summed E-state index contributed by atoms with van der Waals surface area (Å²) in [6.07, 6.45) is 4.77. The van der Waals surface area contributed by atoms with Gasteiger partial charge in [0.05, 0.1) is 5.69 Å². The maximum absolute atomic E-state index is 6.02. The molecular weight excluding hydrogens is 208 g/mol. The summed E-state index contributed by atoms with van der Waals surface area (Å²) in [7, 11) is 0. The molecule has 0 aromatic carbocycles. The number of rotatable bonds is 2. The fraction of sp³-hybridized carbons (Fsp3) is 0.727. The van der Waals surface area contributed by atoms with Gasteiger partial charge in [0.15, 0.2) is 0 Å². The highest BCUT2D eigenvalue weighted by molar-refractivity contribution is 7.13. The number of ether oxygens (including phenoxy) is 1. The van der Waals surface area contributed by atoms with E-state index in [1.54, 1.807) is 11.3 Å². The molecule has 1 saturated carbocycles. The van der Waals surface area contributed by atoms with Gasteiger partial charge in [-0.15, -0.1) is 0 Å². The fourth-order valence-corrected chi connectivity index (χ4v) is 2.70. The van der Waals surface area contributed by atoms with Crippen molar-refractivity contribution in [3.63, 3.8) is 0 Å². The molecule has 0 saturated heterocycles. The minimum atomic E-state index is 0.170. The van der Waals surface area contributed by atoms with E-state index in [2.05, 4.69) is 11.9 Å². The summed E-state index contributed by atoms with van der Waals surface area (Å²) in [5.41, 5.74) is 7.09. The monoisotopic (exact) mass is 226 g/mol. The first-order chi connectivity index (χ1) is 7.16. The van der Waals surface area contributed by atoms with Crippen LogP contribution >= 0.6 is 11.3 Å². The fourth-order valence-electron chi connectivity index (χ4n) is 1.90. The Bertz CT molecular complexity index is 318. The van der Waals surface area contributed by atoms with Crippen molar-refractivity contribution in [2.75, 3.05) is 0 Å². The molecule has 1 heterocycles. The lowest BCUT2D eigenvalue weighted by Gasteiger charge is -2.27. The molecule has 1 aromatic rings. The van der Waals surface area contributed by atoms with Crippen LogP contribution in [0.15, 0.2) is 0 Å². The van der Waals surface area contributed by atoms with E-state index < -0.39 is 0 Å². The number of nitrogens with zero attached hydrogens (tertiary/aromatic N) is 1. The Morgan fingerprint density at radius 1 is 1.33 bits per heavy atom. The Balaban J connectivity index is 2.01. The van der Waals surface area contributed by atoms with Gasteiger partial charge in [0, 0.05) is 10.9 Å². The molecule has 0 aliphatic heterocycles. The van der Waals surface area contributed by atoms with E-state index in [0.717, 1.165) is 23.7 Å². The Hall–Kier alpha value is -0.610. The Morgan fingerprint density at radius 3 is 2.67 bits per heavy atom. The van der Waals surface area contributed by atoms with Crippen molar-refractivity contribution in [1.29, 1.82) is 0 Å². The van der Waals surface area contributed by atoms with E-state index in [1.807, 2.05) is 6.92 Å². The molecular formula is C11H18N2OS. The molecule has 15 heavy (non-hydrogen) atoms. The Kier molecular flexibility index (Phi) is 3.26. The maximum Gasteiger partial charge on any atom is 0.273 e. The molecule has 0 amide bonds. The smallest absolute Gasteiger partial charge is 0.273 e. The number of hydrogen-bond acceptors (Lipinski definition) is 4. The molecule has 0 spiro atoms. The van der Waals surface area contributed by atoms with Crippen LogP contribution in [-0.4, -0.2) is 17.1 Å². The van der Waals surface area contributed by atoms with Crippen LogP contribution in [0.5, 0.6) is 5.19 Å². The van der Waals surface area contributed by atoms with E-state index in [4.69, 9.17) is 10.5 Å². The molecule has 1 aliphatic rings. The van der Waals surface area contributed by atoms with Crippen molar-refractivity contribution in [3.8, 4) is 5.19 Å². The van der Waals surface area contributed by atoms with Gasteiger partial charge in [-0.3, -0.25) is 0 Å². The molecule has 0 radical (unpaired) electrons. The third kappa shape index (κ3) is 2.49. The molecule has 1 fully saturated rings. The molecule has 2 rings (SSSR count). The highest BCUT2D eigenvalue weighted by Crippen LogP contribution is 2.28. The average molecular weight is 226 g/mol. The van der Waals surface area contributed by atoms with Crippen molar-refractivity contribution >= 4 is 11.3 Å². The van der Waals surface area contributed by atoms with Gasteiger partial charge >= 0.3 is 0 Å². The van der Waals surface area contributed by atoms with E-state index in [0.29, 0.717) is 0 Å². The summed E-state index contributed by atoms with van der Waals surface area (Å²) in [4.78, 5) is 5.61. The number of thiazole rings is 1. The molecule has 4 heteroatoms. The van der Waals surface area contributed by atoms with E-state index >= 15 is 0 Å². The first kappa shape index (κ1) is 10.9. The van der Waals surface area contributed by atoms with Crippen molar-refractivity contribution in [3.05, 3.63) is 10.6 Å². The third-order valence-electron chi connectivity index (χ3n) is 3.01. The van der Waals surface area contributed by atoms with Crippen LogP contribution < -0.4 is 10.5 Å². The normalized spacial score (nSPS) is 26.6. The van der Waals surface area contributed by atoms with Crippen molar-refractivity contribution in [1.82, 2.24) is 4.98 Å². The van der Waals surface area contributed by atoms with Crippen LogP contribution in [0.4, 0.5) is 0 Å². The molecule has 84 valence electrons. The van der Waals surface area contributed by atoms with Gasteiger partial charge in [-0.05, 0) is 33.1 Å². The SMILES string of the molecule is Cc1nc(OC2CCCCC2N)sc1C. The summed E-state index contributed by atoms with van der Waals surface area (Å²) >= 11 is 1.62. The minimum Gasteiger partial charge on any atom is -0.465 e.